The smallest absolute Gasteiger partial charge is 0.267 e. The minimum absolute atomic E-state index is 0.0819. The fourth-order valence-corrected chi connectivity index (χ4v) is 4.14. The Labute approximate surface area is 182 Å². The molecule has 0 atom stereocenters. The minimum atomic E-state index is -0.591. The van der Waals surface area contributed by atoms with E-state index >= 15 is 0 Å². The van der Waals surface area contributed by atoms with E-state index in [2.05, 4.69) is 16.0 Å². The van der Waals surface area contributed by atoms with Crippen molar-refractivity contribution in [3.63, 3.8) is 0 Å². The number of aryl methyl sites for hydroxylation is 1. The summed E-state index contributed by atoms with van der Waals surface area (Å²) >= 11 is 1.29. The lowest BCUT2D eigenvalue weighted by atomic mass is 10.1. The molecule has 7 nitrogen and oxygen atoms in total. The maximum absolute atomic E-state index is 12.9. The predicted molar refractivity (Wildman–Crippen MR) is 121 cm³/mol. The van der Waals surface area contributed by atoms with E-state index in [1.165, 1.54) is 16.0 Å². The van der Waals surface area contributed by atoms with Crippen molar-refractivity contribution in [1.82, 2.24) is 20.6 Å². The van der Waals surface area contributed by atoms with E-state index in [0.717, 1.165) is 11.1 Å². The first-order chi connectivity index (χ1) is 15.1. The number of aromatic nitrogens is 2. The van der Waals surface area contributed by atoms with Crippen molar-refractivity contribution < 1.29 is 9.59 Å². The zero-order valence-corrected chi connectivity index (χ0v) is 17.6. The zero-order valence-electron chi connectivity index (χ0n) is 16.8. The van der Waals surface area contributed by atoms with Gasteiger partial charge in [-0.2, -0.15) is 5.10 Å². The molecule has 2 N–H and O–H groups in total. The van der Waals surface area contributed by atoms with E-state index < -0.39 is 11.8 Å². The molecule has 0 radical (unpaired) electrons. The first-order valence-electron chi connectivity index (χ1n) is 9.83. The topological polar surface area (TPSA) is 93.1 Å². The Kier molecular flexibility index (Phi) is 5.90. The predicted octanol–water partition coefficient (Wildman–Crippen LogP) is 3.61. The third kappa shape index (κ3) is 4.10. The molecule has 0 aliphatic heterocycles. The van der Waals surface area contributed by atoms with Crippen LogP contribution in [0.15, 0.2) is 70.8 Å². The van der Waals surface area contributed by atoms with Crippen LogP contribution in [0.1, 0.15) is 33.5 Å². The van der Waals surface area contributed by atoms with E-state index in [4.69, 9.17) is 0 Å². The van der Waals surface area contributed by atoms with Crippen LogP contribution in [-0.4, -0.2) is 21.6 Å². The Morgan fingerprint density at radius 3 is 2.35 bits per heavy atom. The van der Waals surface area contributed by atoms with E-state index in [1.54, 1.807) is 24.3 Å². The van der Waals surface area contributed by atoms with Crippen LogP contribution in [0.2, 0.25) is 0 Å². The molecule has 0 fully saturated rings. The molecular weight excluding hydrogens is 412 g/mol. The summed E-state index contributed by atoms with van der Waals surface area (Å²) in [5, 5.41) is 6.91. The van der Waals surface area contributed by atoms with Gasteiger partial charge in [0.05, 0.1) is 5.39 Å². The highest BCUT2D eigenvalue weighted by molar-refractivity contribution is 7.12. The summed E-state index contributed by atoms with van der Waals surface area (Å²) in [6.07, 6.45) is 0.698. The summed E-state index contributed by atoms with van der Waals surface area (Å²) in [4.78, 5) is 38.7. The lowest BCUT2D eigenvalue weighted by Crippen LogP contribution is -2.42. The molecule has 0 bridgehead atoms. The van der Waals surface area contributed by atoms with Crippen molar-refractivity contribution in [3.05, 3.63) is 87.0 Å². The van der Waals surface area contributed by atoms with E-state index in [9.17, 15) is 14.4 Å². The van der Waals surface area contributed by atoms with E-state index in [1.807, 2.05) is 48.7 Å². The van der Waals surface area contributed by atoms with Gasteiger partial charge in [0.25, 0.3) is 17.4 Å². The third-order valence-corrected chi connectivity index (χ3v) is 5.68. The maximum Gasteiger partial charge on any atom is 0.290 e. The number of hydrogen-bond donors (Lipinski definition) is 2. The monoisotopic (exact) mass is 432 g/mol. The number of amides is 2. The molecule has 0 saturated carbocycles. The van der Waals surface area contributed by atoms with Crippen LogP contribution in [0.4, 0.5) is 0 Å². The minimum Gasteiger partial charge on any atom is -0.267 e. The van der Waals surface area contributed by atoms with Gasteiger partial charge in [-0.25, -0.2) is 4.68 Å². The molecule has 2 aromatic heterocycles. The van der Waals surface area contributed by atoms with Crippen LogP contribution >= 0.6 is 11.3 Å². The van der Waals surface area contributed by atoms with Gasteiger partial charge in [0.15, 0.2) is 5.69 Å². The first kappa shape index (κ1) is 20.5. The molecule has 8 heteroatoms. The standard InChI is InChI=1S/C23H20N4O3S/c1-2-13-27-23(30)18-11-7-6-10-17(18)19(26-27)21(28)24-25-22(29)20-16(12-14-31-20)15-8-4-3-5-9-15/h3-12,14H,2,13H2,1H3,(H,24,28)(H,25,29). The summed E-state index contributed by atoms with van der Waals surface area (Å²) in [7, 11) is 0. The van der Waals surface area contributed by atoms with Crippen LogP contribution in [0.25, 0.3) is 21.9 Å². The van der Waals surface area contributed by atoms with Crippen molar-refractivity contribution in [2.75, 3.05) is 0 Å². The molecule has 4 rings (SSSR count). The molecule has 2 aromatic carbocycles. The second-order valence-electron chi connectivity index (χ2n) is 6.86. The fourth-order valence-electron chi connectivity index (χ4n) is 3.33. The average molecular weight is 433 g/mol. The number of hydrazine groups is 1. The van der Waals surface area contributed by atoms with Crippen LogP contribution in [0, 0.1) is 0 Å². The average Bonchev–Trinajstić information content (AvgIpc) is 3.30. The highest BCUT2D eigenvalue weighted by Crippen LogP contribution is 2.27. The largest absolute Gasteiger partial charge is 0.290 e. The summed E-state index contributed by atoms with van der Waals surface area (Å²) in [5.74, 6) is -1.01. The van der Waals surface area contributed by atoms with Crippen molar-refractivity contribution in [2.45, 2.75) is 19.9 Å². The lowest BCUT2D eigenvalue weighted by Gasteiger charge is -2.11. The van der Waals surface area contributed by atoms with Crippen molar-refractivity contribution in [1.29, 1.82) is 0 Å². The molecule has 0 aliphatic carbocycles. The summed E-state index contributed by atoms with van der Waals surface area (Å²) in [6.45, 7) is 2.32. The van der Waals surface area contributed by atoms with Crippen molar-refractivity contribution in [3.8, 4) is 11.1 Å². The van der Waals surface area contributed by atoms with Gasteiger partial charge in [-0.1, -0.05) is 55.5 Å². The second kappa shape index (κ2) is 8.93. The Morgan fingerprint density at radius 2 is 1.61 bits per heavy atom. The molecule has 0 aliphatic rings. The lowest BCUT2D eigenvalue weighted by molar-refractivity contribution is 0.0846. The quantitative estimate of drug-likeness (QED) is 0.471. The molecule has 31 heavy (non-hydrogen) atoms. The highest BCUT2D eigenvalue weighted by atomic mass is 32.1. The Balaban J connectivity index is 1.58. The van der Waals surface area contributed by atoms with Gasteiger partial charge < -0.3 is 0 Å². The molecular formula is C23H20N4O3S. The van der Waals surface area contributed by atoms with Gasteiger partial charge in [0.2, 0.25) is 0 Å². The molecule has 0 unspecified atom stereocenters. The summed E-state index contributed by atoms with van der Waals surface area (Å²) < 4.78 is 1.28. The zero-order chi connectivity index (χ0) is 21.8. The van der Waals surface area contributed by atoms with Crippen molar-refractivity contribution >= 4 is 33.9 Å². The fraction of sp³-hybridized carbons (Fsp3) is 0.130. The van der Waals surface area contributed by atoms with Gasteiger partial charge in [0.1, 0.15) is 4.88 Å². The third-order valence-electron chi connectivity index (χ3n) is 4.76. The molecule has 0 saturated heterocycles. The van der Waals surface area contributed by atoms with Crippen molar-refractivity contribution in [2.24, 2.45) is 0 Å². The van der Waals surface area contributed by atoms with Crippen LogP contribution in [0.5, 0.6) is 0 Å². The number of carbonyl (C=O) groups excluding carboxylic acids is 2. The number of nitrogens with zero attached hydrogens (tertiary/aromatic N) is 2. The van der Waals surface area contributed by atoms with Gasteiger partial charge in [-0.15, -0.1) is 11.3 Å². The molecule has 2 amide bonds. The Bertz CT molecular complexity index is 1310. The Morgan fingerprint density at radius 1 is 0.935 bits per heavy atom. The number of carbonyl (C=O) groups is 2. The molecule has 4 aromatic rings. The van der Waals surface area contributed by atoms with Crippen LogP contribution in [0.3, 0.4) is 0 Å². The number of hydrogen-bond acceptors (Lipinski definition) is 5. The van der Waals surface area contributed by atoms with Gasteiger partial charge >= 0.3 is 0 Å². The summed E-state index contributed by atoms with van der Waals surface area (Å²) in [5.41, 5.74) is 6.45. The van der Waals surface area contributed by atoms with Crippen LogP contribution < -0.4 is 16.4 Å². The van der Waals surface area contributed by atoms with E-state index in [-0.39, 0.29) is 11.3 Å². The van der Waals surface area contributed by atoms with Crippen LogP contribution in [-0.2, 0) is 6.54 Å². The van der Waals surface area contributed by atoms with E-state index in [0.29, 0.717) is 28.6 Å². The molecule has 156 valence electrons. The molecule has 0 spiro atoms. The van der Waals surface area contributed by atoms with Gasteiger partial charge in [0, 0.05) is 17.5 Å². The second-order valence-corrected chi connectivity index (χ2v) is 7.78. The normalized spacial score (nSPS) is 10.7. The highest BCUT2D eigenvalue weighted by Gasteiger charge is 2.19. The number of nitrogens with one attached hydrogen (secondary N) is 2. The number of benzene rings is 2. The van der Waals surface area contributed by atoms with Gasteiger partial charge in [-0.3, -0.25) is 25.2 Å². The van der Waals surface area contributed by atoms with Gasteiger partial charge in [-0.05, 0) is 29.5 Å². The number of thiophene rings is 1. The Hall–Kier alpha value is -3.78. The first-order valence-corrected chi connectivity index (χ1v) is 10.7. The molecule has 2 heterocycles. The number of fused-ring (bicyclic) bond motifs is 1. The SMILES string of the molecule is CCCn1nc(C(=O)NNC(=O)c2sccc2-c2ccccc2)c2ccccc2c1=O. The maximum atomic E-state index is 12.9. The number of rotatable bonds is 5. The summed E-state index contributed by atoms with van der Waals surface area (Å²) in [6, 6.07) is 18.2.